The van der Waals surface area contributed by atoms with Gasteiger partial charge < -0.3 is 4.42 Å². The van der Waals surface area contributed by atoms with Crippen molar-refractivity contribution in [1.82, 2.24) is 0 Å². The Morgan fingerprint density at radius 3 is 2.57 bits per heavy atom. The number of hydrazone groups is 1. The van der Waals surface area contributed by atoms with E-state index in [-0.39, 0.29) is 17.6 Å². The normalized spacial score (nSPS) is 16.1. The zero-order chi connectivity index (χ0) is 16.6. The Bertz CT molecular complexity index is 852. The molecule has 8 heteroatoms. The van der Waals surface area contributed by atoms with E-state index in [9.17, 15) is 14.9 Å². The molecule has 0 radical (unpaired) electrons. The van der Waals surface area contributed by atoms with Crippen LogP contribution in [0.25, 0.3) is 6.08 Å². The Morgan fingerprint density at radius 2 is 1.96 bits per heavy atom. The van der Waals surface area contributed by atoms with Gasteiger partial charge in [-0.05, 0) is 43.3 Å². The van der Waals surface area contributed by atoms with Gasteiger partial charge in [0.15, 0.2) is 0 Å². The predicted octanol–water partition coefficient (Wildman–Crippen LogP) is 3.76. The van der Waals surface area contributed by atoms with Crippen molar-refractivity contribution in [2.24, 2.45) is 5.10 Å². The lowest BCUT2D eigenvalue weighted by atomic mass is 10.1. The van der Waals surface area contributed by atoms with Crippen LogP contribution in [0, 0.1) is 10.1 Å². The number of carbonyl (C=O) groups is 1. The van der Waals surface area contributed by atoms with Crippen LogP contribution in [-0.4, -0.2) is 16.5 Å². The molecule has 3 rings (SSSR count). The van der Waals surface area contributed by atoms with Gasteiger partial charge in [-0.15, -0.1) is 0 Å². The molecule has 0 spiro atoms. The molecule has 0 saturated carbocycles. The lowest BCUT2D eigenvalue weighted by molar-refractivity contribution is -0.402. The summed E-state index contributed by atoms with van der Waals surface area (Å²) in [6, 6.07) is 9.83. The minimum absolute atomic E-state index is 0.229. The van der Waals surface area contributed by atoms with Crippen molar-refractivity contribution in [2.75, 3.05) is 5.01 Å². The largest absolute Gasteiger partial charge is 0.433 e. The quantitative estimate of drug-likeness (QED) is 0.464. The van der Waals surface area contributed by atoms with E-state index in [2.05, 4.69) is 21.0 Å². The fourth-order valence-electron chi connectivity index (χ4n) is 2.10. The van der Waals surface area contributed by atoms with Gasteiger partial charge in [-0.2, -0.15) is 10.1 Å². The minimum Gasteiger partial charge on any atom is -0.401 e. The SMILES string of the molecule is CC1=NN(c2ccc(Br)cc2)C(=O)C1=Cc1ccc([N+](=O)[O-])o1. The van der Waals surface area contributed by atoms with E-state index >= 15 is 0 Å². The maximum atomic E-state index is 12.5. The molecule has 2 aromatic rings. The number of carbonyl (C=O) groups excluding carboxylic acids is 1. The second kappa shape index (κ2) is 5.81. The first-order valence-corrected chi connectivity index (χ1v) is 7.36. The Balaban J connectivity index is 1.91. The maximum Gasteiger partial charge on any atom is 0.433 e. The van der Waals surface area contributed by atoms with Gasteiger partial charge in [-0.3, -0.25) is 14.9 Å². The second-order valence-corrected chi connectivity index (χ2v) is 5.69. The summed E-state index contributed by atoms with van der Waals surface area (Å²) in [7, 11) is 0. The summed E-state index contributed by atoms with van der Waals surface area (Å²) in [5.74, 6) is -0.460. The fraction of sp³-hybridized carbons (Fsp3) is 0.0667. The summed E-state index contributed by atoms with van der Waals surface area (Å²) < 4.78 is 5.95. The minimum atomic E-state index is -0.631. The van der Waals surface area contributed by atoms with Crippen LogP contribution in [0.15, 0.2) is 56.0 Å². The molecule has 2 heterocycles. The third kappa shape index (κ3) is 2.93. The summed E-state index contributed by atoms with van der Waals surface area (Å²) in [6.45, 7) is 1.69. The van der Waals surface area contributed by atoms with Crippen molar-refractivity contribution in [3.8, 4) is 0 Å². The van der Waals surface area contributed by atoms with Gasteiger partial charge in [-0.25, -0.2) is 0 Å². The van der Waals surface area contributed by atoms with Crippen LogP contribution in [0.3, 0.4) is 0 Å². The van der Waals surface area contributed by atoms with Crippen molar-refractivity contribution >= 4 is 45.2 Å². The molecule has 0 aliphatic carbocycles. The van der Waals surface area contributed by atoms with E-state index in [4.69, 9.17) is 4.42 Å². The smallest absolute Gasteiger partial charge is 0.401 e. The van der Waals surface area contributed by atoms with Gasteiger partial charge in [0.1, 0.15) is 10.7 Å². The standard InChI is InChI=1S/C15H10BrN3O4/c1-9-13(8-12-6-7-14(23-12)19(21)22)15(20)18(17-9)11-4-2-10(16)3-5-11/h2-8H,1H3. The topological polar surface area (TPSA) is 89.0 Å². The van der Waals surface area contributed by atoms with Gasteiger partial charge >= 0.3 is 5.88 Å². The van der Waals surface area contributed by atoms with Crippen molar-refractivity contribution in [3.05, 3.63) is 62.3 Å². The number of benzene rings is 1. The maximum absolute atomic E-state index is 12.5. The zero-order valence-electron chi connectivity index (χ0n) is 11.9. The lowest BCUT2D eigenvalue weighted by Gasteiger charge is -2.11. The van der Waals surface area contributed by atoms with Crippen molar-refractivity contribution in [1.29, 1.82) is 0 Å². The molecular weight excluding hydrogens is 366 g/mol. The molecule has 7 nitrogen and oxygen atoms in total. The number of hydrogen-bond donors (Lipinski definition) is 0. The van der Waals surface area contributed by atoms with Crippen LogP contribution in [-0.2, 0) is 4.79 Å². The van der Waals surface area contributed by atoms with Gasteiger partial charge in [0.2, 0.25) is 0 Å². The molecule has 1 aromatic carbocycles. The van der Waals surface area contributed by atoms with Crippen LogP contribution in [0.2, 0.25) is 0 Å². The first-order chi connectivity index (χ1) is 11.0. The van der Waals surface area contributed by atoms with E-state index in [1.54, 1.807) is 19.1 Å². The van der Waals surface area contributed by atoms with Gasteiger partial charge in [0.05, 0.1) is 23.0 Å². The molecule has 1 aliphatic heterocycles. The number of furan rings is 1. The Labute approximate surface area is 139 Å². The molecule has 116 valence electrons. The number of rotatable bonds is 3. The van der Waals surface area contributed by atoms with E-state index in [1.165, 1.54) is 23.2 Å². The highest BCUT2D eigenvalue weighted by Gasteiger charge is 2.29. The first-order valence-electron chi connectivity index (χ1n) is 6.57. The highest BCUT2D eigenvalue weighted by atomic mass is 79.9. The molecule has 1 aliphatic rings. The number of amides is 1. The van der Waals surface area contributed by atoms with Crippen molar-refractivity contribution in [3.63, 3.8) is 0 Å². The molecule has 23 heavy (non-hydrogen) atoms. The molecule has 0 unspecified atom stereocenters. The zero-order valence-corrected chi connectivity index (χ0v) is 13.5. The van der Waals surface area contributed by atoms with Crippen molar-refractivity contribution in [2.45, 2.75) is 6.92 Å². The molecule has 1 amide bonds. The number of anilines is 1. The van der Waals surface area contributed by atoms with E-state index in [1.807, 2.05) is 12.1 Å². The summed E-state index contributed by atoms with van der Waals surface area (Å²) in [6.07, 6.45) is 1.45. The second-order valence-electron chi connectivity index (χ2n) is 4.77. The molecule has 0 bridgehead atoms. The summed E-state index contributed by atoms with van der Waals surface area (Å²) in [4.78, 5) is 22.5. The molecule has 0 saturated heterocycles. The van der Waals surface area contributed by atoms with Crippen LogP contribution in [0.5, 0.6) is 0 Å². The highest BCUT2D eigenvalue weighted by molar-refractivity contribution is 9.10. The first kappa shape index (κ1) is 15.2. The lowest BCUT2D eigenvalue weighted by Crippen LogP contribution is -2.21. The highest BCUT2D eigenvalue weighted by Crippen LogP contribution is 2.27. The number of nitro groups is 1. The Kier molecular flexibility index (Phi) is 3.83. The molecule has 0 fully saturated rings. The molecule has 1 aromatic heterocycles. The van der Waals surface area contributed by atoms with E-state index < -0.39 is 4.92 Å². The summed E-state index contributed by atoms with van der Waals surface area (Å²) in [5, 5.41) is 16.1. The summed E-state index contributed by atoms with van der Waals surface area (Å²) in [5.41, 5.74) is 1.47. The number of halogens is 1. The Hall–Kier alpha value is -2.74. The molecular formula is C15H10BrN3O4. The van der Waals surface area contributed by atoms with Gasteiger partial charge in [0.25, 0.3) is 5.91 Å². The summed E-state index contributed by atoms with van der Waals surface area (Å²) >= 11 is 3.33. The number of hydrogen-bond acceptors (Lipinski definition) is 5. The monoisotopic (exact) mass is 375 g/mol. The van der Waals surface area contributed by atoms with Crippen LogP contribution in [0.1, 0.15) is 12.7 Å². The van der Waals surface area contributed by atoms with Gasteiger partial charge in [0, 0.05) is 4.47 Å². The Morgan fingerprint density at radius 1 is 1.26 bits per heavy atom. The fourth-order valence-corrected chi connectivity index (χ4v) is 2.37. The van der Waals surface area contributed by atoms with E-state index in [0.717, 1.165) is 4.47 Å². The predicted molar refractivity (Wildman–Crippen MR) is 88.1 cm³/mol. The van der Waals surface area contributed by atoms with Crippen LogP contribution >= 0.6 is 15.9 Å². The average Bonchev–Trinajstić information content (AvgIpc) is 3.09. The van der Waals surface area contributed by atoms with Gasteiger partial charge in [-0.1, -0.05) is 15.9 Å². The van der Waals surface area contributed by atoms with E-state index in [0.29, 0.717) is 17.0 Å². The number of nitrogens with zero attached hydrogens (tertiary/aromatic N) is 3. The third-order valence-electron chi connectivity index (χ3n) is 3.21. The van der Waals surface area contributed by atoms with Crippen LogP contribution < -0.4 is 5.01 Å². The van der Waals surface area contributed by atoms with Crippen LogP contribution in [0.4, 0.5) is 11.6 Å². The average molecular weight is 376 g/mol. The molecule has 0 N–H and O–H groups in total. The molecule has 0 atom stereocenters. The third-order valence-corrected chi connectivity index (χ3v) is 3.74. The van der Waals surface area contributed by atoms with Crippen molar-refractivity contribution < 1.29 is 14.1 Å².